The highest BCUT2D eigenvalue weighted by Crippen LogP contribution is 2.26. The predicted molar refractivity (Wildman–Crippen MR) is 74.3 cm³/mol. The molecule has 1 fully saturated rings. The number of amides is 1. The van der Waals surface area contributed by atoms with Gasteiger partial charge < -0.3 is 10.0 Å². The molecule has 1 atom stereocenters. The van der Waals surface area contributed by atoms with E-state index in [1.807, 2.05) is 0 Å². The molecule has 1 aliphatic rings. The Morgan fingerprint density at radius 3 is 2.57 bits per heavy atom. The number of nitrogens with zero attached hydrogens (tertiary/aromatic N) is 2. The standard InChI is InChI=1S/C14H16N2O5/c1-8-6-9(2)12(16(20)21)7-10(8)13(17)15-5-3-4-11(15)14(18)19/h6-7,11H,3-5H2,1-2H3,(H,18,19)/t11-/m0/s1. The van der Waals surface area contributed by atoms with E-state index in [-0.39, 0.29) is 11.3 Å². The van der Waals surface area contributed by atoms with Crippen molar-refractivity contribution in [2.45, 2.75) is 32.7 Å². The number of carbonyl (C=O) groups excluding carboxylic acids is 1. The van der Waals surface area contributed by atoms with E-state index in [9.17, 15) is 19.7 Å². The Bertz CT molecular complexity index is 626. The van der Waals surface area contributed by atoms with Gasteiger partial charge in [0.25, 0.3) is 11.6 Å². The Hall–Kier alpha value is -2.44. The smallest absolute Gasteiger partial charge is 0.326 e. The minimum Gasteiger partial charge on any atom is -0.480 e. The number of likely N-dealkylation sites (tertiary alicyclic amines) is 1. The van der Waals surface area contributed by atoms with Crippen LogP contribution in [0.1, 0.15) is 34.3 Å². The number of aryl methyl sites for hydroxylation is 2. The molecule has 7 heteroatoms. The van der Waals surface area contributed by atoms with E-state index >= 15 is 0 Å². The van der Waals surface area contributed by atoms with Crippen LogP contribution in [-0.4, -0.2) is 39.4 Å². The molecule has 21 heavy (non-hydrogen) atoms. The third-order valence-electron chi connectivity index (χ3n) is 3.77. The van der Waals surface area contributed by atoms with Crippen LogP contribution in [0.2, 0.25) is 0 Å². The normalized spacial score (nSPS) is 17.8. The van der Waals surface area contributed by atoms with Crippen molar-refractivity contribution in [1.82, 2.24) is 4.90 Å². The molecule has 1 N–H and O–H groups in total. The van der Waals surface area contributed by atoms with Crippen LogP contribution in [0.5, 0.6) is 0 Å². The molecule has 0 spiro atoms. The maximum absolute atomic E-state index is 12.5. The zero-order valence-corrected chi connectivity index (χ0v) is 11.8. The van der Waals surface area contributed by atoms with Gasteiger partial charge in [0.1, 0.15) is 6.04 Å². The summed E-state index contributed by atoms with van der Waals surface area (Å²) < 4.78 is 0. The molecule has 1 aliphatic heterocycles. The first-order valence-corrected chi connectivity index (χ1v) is 6.62. The summed E-state index contributed by atoms with van der Waals surface area (Å²) in [5, 5.41) is 20.1. The fourth-order valence-corrected chi connectivity index (χ4v) is 2.69. The number of carboxylic acids is 1. The largest absolute Gasteiger partial charge is 0.480 e. The summed E-state index contributed by atoms with van der Waals surface area (Å²) in [7, 11) is 0. The summed E-state index contributed by atoms with van der Waals surface area (Å²) in [5.74, 6) is -1.50. The first kappa shape index (κ1) is 15.0. The number of nitro groups is 1. The third kappa shape index (κ3) is 2.72. The highest BCUT2D eigenvalue weighted by molar-refractivity contribution is 5.98. The zero-order chi connectivity index (χ0) is 15.7. The summed E-state index contributed by atoms with van der Waals surface area (Å²) in [6.45, 7) is 3.65. The van der Waals surface area contributed by atoms with Gasteiger partial charge in [0.2, 0.25) is 0 Å². The topological polar surface area (TPSA) is 101 Å². The number of hydrogen-bond donors (Lipinski definition) is 1. The number of benzene rings is 1. The molecule has 1 amide bonds. The molecular formula is C14H16N2O5. The maximum atomic E-state index is 12.5. The number of hydrogen-bond acceptors (Lipinski definition) is 4. The van der Waals surface area contributed by atoms with Gasteiger partial charge in [0.05, 0.1) is 4.92 Å². The van der Waals surface area contributed by atoms with Crippen molar-refractivity contribution >= 4 is 17.6 Å². The van der Waals surface area contributed by atoms with Crippen LogP contribution in [0, 0.1) is 24.0 Å². The van der Waals surface area contributed by atoms with Gasteiger partial charge in [-0.1, -0.05) is 0 Å². The lowest BCUT2D eigenvalue weighted by atomic mass is 10.0. The molecule has 7 nitrogen and oxygen atoms in total. The average molecular weight is 292 g/mol. The highest BCUT2D eigenvalue weighted by atomic mass is 16.6. The second-order valence-electron chi connectivity index (χ2n) is 5.21. The van der Waals surface area contributed by atoms with Crippen molar-refractivity contribution in [3.63, 3.8) is 0 Å². The van der Waals surface area contributed by atoms with Crippen LogP contribution in [0.25, 0.3) is 0 Å². The molecule has 1 heterocycles. The van der Waals surface area contributed by atoms with E-state index in [1.165, 1.54) is 11.0 Å². The van der Waals surface area contributed by atoms with Crippen LogP contribution >= 0.6 is 0 Å². The predicted octanol–water partition coefficient (Wildman–Crippen LogP) is 1.90. The van der Waals surface area contributed by atoms with E-state index < -0.39 is 22.8 Å². The van der Waals surface area contributed by atoms with Gasteiger partial charge in [-0.15, -0.1) is 0 Å². The first-order chi connectivity index (χ1) is 9.82. The molecule has 0 unspecified atom stereocenters. The number of nitro benzene ring substituents is 1. The van der Waals surface area contributed by atoms with Gasteiger partial charge in [-0.2, -0.15) is 0 Å². The highest BCUT2D eigenvalue weighted by Gasteiger charge is 2.35. The average Bonchev–Trinajstić information content (AvgIpc) is 2.86. The maximum Gasteiger partial charge on any atom is 0.326 e. The molecule has 112 valence electrons. The molecule has 0 aromatic heterocycles. The quantitative estimate of drug-likeness (QED) is 0.677. The van der Waals surface area contributed by atoms with E-state index in [4.69, 9.17) is 5.11 Å². The first-order valence-electron chi connectivity index (χ1n) is 6.62. The molecular weight excluding hydrogens is 276 g/mol. The Balaban J connectivity index is 2.41. The summed E-state index contributed by atoms with van der Waals surface area (Å²) in [5.41, 5.74) is 1.15. The summed E-state index contributed by atoms with van der Waals surface area (Å²) >= 11 is 0. The summed E-state index contributed by atoms with van der Waals surface area (Å²) in [4.78, 5) is 35.4. The zero-order valence-electron chi connectivity index (χ0n) is 11.8. The lowest BCUT2D eigenvalue weighted by Gasteiger charge is -2.22. The second kappa shape index (κ2) is 5.51. The van der Waals surface area contributed by atoms with Crippen LogP contribution in [0.4, 0.5) is 5.69 Å². The molecule has 0 bridgehead atoms. The van der Waals surface area contributed by atoms with Crippen molar-refractivity contribution in [3.8, 4) is 0 Å². The SMILES string of the molecule is Cc1cc(C)c([N+](=O)[O-])cc1C(=O)N1CCC[C@H]1C(=O)O. The van der Waals surface area contributed by atoms with E-state index in [0.717, 1.165) is 0 Å². The van der Waals surface area contributed by atoms with E-state index in [0.29, 0.717) is 30.5 Å². The number of carboxylic acid groups (broad SMARTS) is 1. The molecule has 0 radical (unpaired) electrons. The van der Waals surface area contributed by atoms with Crippen molar-refractivity contribution in [2.75, 3.05) is 6.54 Å². The van der Waals surface area contributed by atoms with Gasteiger partial charge in [-0.3, -0.25) is 14.9 Å². The molecule has 0 saturated carbocycles. The molecule has 1 saturated heterocycles. The van der Waals surface area contributed by atoms with Gasteiger partial charge in [-0.05, 0) is 38.3 Å². The van der Waals surface area contributed by atoms with Crippen LogP contribution in [-0.2, 0) is 4.79 Å². The monoisotopic (exact) mass is 292 g/mol. The van der Waals surface area contributed by atoms with E-state index in [1.54, 1.807) is 19.9 Å². The number of aliphatic carboxylic acids is 1. The van der Waals surface area contributed by atoms with Gasteiger partial charge in [0, 0.05) is 23.7 Å². The van der Waals surface area contributed by atoms with Crippen LogP contribution in [0.3, 0.4) is 0 Å². The van der Waals surface area contributed by atoms with Crippen LogP contribution < -0.4 is 0 Å². The van der Waals surface area contributed by atoms with Crippen molar-refractivity contribution in [2.24, 2.45) is 0 Å². The minimum atomic E-state index is -1.04. The Morgan fingerprint density at radius 1 is 1.33 bits per heavy atom. The fourth-order valence-electron chi connectivity index (χ4n) is 2.69. The van der Waals surface area contributed by atoms with Crippen molar-refractivity contribution in [1.29, 1.82) is 0 Å². The molecule has 1 aromatic rings. The Kier molecular flexibility index (Phi) is 3.93. The Labute approximate surface area is 121 Å². The third-order valence-corrected chi connectivity index (χ3v) is 3.77. The van der Waals surface area contributed by atoms with E-state index in [2.05, 4.69) is 0 Å². The number of carbonyl (C=O) groups is 2. The lowest BCUT2D eigenvalue weighted by molar-refractivity contribution is -0.385. The summed E-state index contributed by atoms with van der Waals surface area (Å²) in [6, 6.07) is 1.97. The lowest BCUT2D eigenvalue weighted by Crippen LogP contribution is -2.40. The summed E-state index contributed by atoms with van der Waals surface area (Å²) in [6.07, 6.45) is 1.03. The molecule has 2 rings (SSSR count). The number of rotatable bonds is 3. The molecule has 0 aliphatic carbocycles. The second-order valence-corrected chi connectivity index (χ2v) is 5.21. The van der Waals surface area contributed by atoms with Gasteiger partial charge in [-0.25, -0.2) is 4.79 Å². The van der Waals surface area contributed by atoms with Gasteiger partial charge in [0.15, 0.2) is 0 Å². The molecule has 1 aromatic carbocycles. The van der Waals surface area contributed by atoms with Crippen LogP contribution in [0.15, 0.2) is 12.1 Å². The van der Waals surface area contributed by atoms with Crippen molar-refractivity contribution < 1.29 is 19.6 Å². The van der Waals surface area contributed by atoms with Crippen molar-refractivity contribution in [3.05, 3.63) is 38.9 Å². The fraction of sp³-hybridized carbons (Fsp3) is 0.429. The van der Waals surface area contributed by atoms with Gasteiger partial charge >= 0.3 is 5.97 Å². The minimum absolute atomic E-state index is 0.130. The Morgan fingerprint density at radius 2 is 2.00 bits per heavy atom.